The molecule has 0 aliphatic heterocycles. The fraction of sp³-hybridized carbons (Fsp3) is 0.333. The molecule has 1 aromatic carbocycles. The van der Waals surface area contributed by atoms with Crippen LogP contribution in [0.2, 0.25) is 0 Å². The Labute approximate surface area is 84.7 Å². The maximum absolute atomic E-state index is 12.4. The maximum atomic E-state index is 12.4. The summed E-state index contributed by atoms with van der Waals surface area (Å²) in [6, 6.07) is 7.89. The minimum atomic E-state index is -0.737. The summed E-state index contributed by atoms with van der Waals surface area (Å²) >= 11 is 4.88. The van der Waals surface area contributed by atoms with E-state index in [0.717, 1.165) is 9.37 Å². The number of halogens is 2. The average molecular weight is 249 g/mol. The summed E-state index contributed by atoms with van der Waals surface area (Å²) in [6.07, 6.45) is -0.737. The third kappa shape index (κ3) is 3.59. The van der Waals surface area contributed by atoms with E-state index in [4.69, 9.17) is 0 Å². The molecule has 1 rings (SSSR count). The molecule has 3 heteroatoms. The maximum Gasteiger partial charge on any atom is 0.107 e. The molecule has 1 aromatic rings. The lowest BCUT2D eigenvalue weighted by Crippen LogP contribution is -1.94. The molecule has 0 spiro atoms. The molecule has 0 aliphatic carbocycles. The predicted molar refractivity (Wildman–Crippen MR) is 55.4 cm³/mol. The van der Waals surface area contributed by atoms with Crippen LogP contribution in [0, 0.1) is 0 Å². The Morgan fingerprint density at radius 3 is 2.50 bits per heavy atom. The van der Waals surface area contributed by atoms with Crippen molar-refractivity contribution in [2.24, 2.45) is 0 Å². The molecule has 0 N–H and O–H groups in total. The van der Waals surface area contributed by atoms with Crippen LogP contribution in [0.15, 0.2) is 33.6 Å². The van der Waals surface area contributed by atoms with Crippen molar-refractivity contribution >= 4 is 27.7 Å². The van der Waals surface area contributed by atoms with Gasteiger partial charge >= 0.3 is 0 Å². The Morgan fingerprint density at radius 2 is 2.00 bits per heavy atom. The molecule has 1 unspecified atom stereocenters. The van der Waals surface area contributed by atoms with Crippen LogP contribution in [0.3, 0.4) is 0 Å². The molecule has 0 saturated heterocycles. The first kappa shape index (κ1) is 10.1. The van der Waals surface area contributed by atoms with Crippen molar-refractivity contribution in [2.45, 2.75) is 18.0 Å². The highest BCUT2D eigenvalue weighted by Crippen LogP contribution is 2.21. The van der Waals surface area contributed by atoms with Crippen molar-refractivity contribution in [3.8, 4) is 0 Å². The number of alkyl halides is 1. The second kappa shape index (κ2) is 4.87. The summed E-state index contributed by atoms with van der Waals surface area (Å²) in [7, 11) is 0. The fourth-order valence-corrected chi connectivity index (χ4v) is 1.76. The highest BCUT2D eigenvalue weighted by Gasteiger charge is 1.99. The van der Waals surface area contributed by atoms with E-state index >= 15 is 0 Å². The summed E-state index contributed by atoms with van der Waals surface area (Å²) in [5.41, 5.74) is 0. The first-order valence-electron chi connectivity index (χ1n) is 3.71. The molecular weight excluding hydrogens is 239 g/mol. The van der Waals surface area contributed by atoms with Crippen LogP contribution < -0.4 is 0 Å². The van der Waals surface area contributed by atoms with Gasteiger partial charge in [-0.1, -0.05) is 15.9 Å². The van der Waals surface area contributed by atoms with E-state index in [1.54, 1.807) is 18.7 Å². The Bertz CT molecular complexity index is 233. The number of benzene rings is 1. The molecule has 0 amide bonds. The first-order chi connectivity index (χ1) is 5.68. The highest BCUT2D eigenvalue weighted by molar-refractivity contribution is 9.10. The lowest BCUT2D eigenvalue weighted by Gasteiger charge is -2.01. The zero-order chi connectivity index (χ0) is 8.97. The van der Waals surface area contributed by atoms with Crippen LogP contribution in [-0.4, -0.2) is 11.9 Å². The van der Waals surface area contributed by atoms with Gasteiger partial charge in [0.05, 0.1) is 0 Å². The molecule has 0 saturated carbocycles. The van der Waals surface area contributed by atoms with E-state index < -0.39 is 6.17 Å². The summed E-state index contributed by atoms with van der Waals surface area (Å²) in [4.78, 5) is 1.11. The van der Waals surface area contributed by atoms with E-state index in [1.807, 2.05) is 24.3 Å². The minimum Gasteiger partial charge on any atom is -0.247 e. The van der Waals surface area contributed by atoms with E-state index in [1.165, 1.54) is 0 Å². The molecular formula is C9H10BrFS. The zero-order valence-corrected chi connectivity index (χ0v) is 9.16. The van der Waals surface area contributed by atoms with Crippen LogP contribution in [0.5, 0.6) is 0 Å². The van der Waals surface area contributed by atoms with Crippen LogP contribution in [-0.2, 0) is 0 Å². The average Bonchev–Trinajstić information content (AvgIpc) is 2.03. The largest absolute Gasteiger partial charge is 0.247 e. The van der Waals surface area contributed by atoms with Gasteiger partial charge in [0, 0.05) is 15.1 Å². The Morgan fingerprint density at radius 1 is 1.42 bits per heavy atom. The van der Waals surface area contributed by atoms with Crippen LogP contribution >= 0.6 is 27.7 Å². The fourth-order valence-electron chi connectivity index (χ4n) is 0.742. The van der Waals surface area contributed by atoms with Crippen molar-refractivity contribution in [1.82, 2.24) is 0 Å². The lowest BCUT2D eigenvalue weighted by molar-refractivity contribution is 0.398. The van der Waals surface area contributed by atoms with Gasteiger partial charge in [0.15, 0.2) is 0 Å². The van der Waals surface area contributed by atoms with Crippen molar-refractivity contribution in [3.05, 3.63) is 28.7 Å². The predicted octanol–water partition coefficient (Wildman–Crippen LogP) is 3.90. The summed E-state index contributed by atoms with van der Waals surface area (Å²) in [6.45, 7) is 1.58. The molecule has 66 valence electrons. The molecule has 0 aliphatic rings. The Kier molecular flexibility index (Phi) is 4.09. The summed E-state index contributed by atoms with van der Waals surface area (Å²) in [5, 5.41) is 0. The molecule has 0 bridgehead atoms. The molecule has 0 heterocycles. The Hall–Kier alpha value is -0.0200. The number of hydrogen-bond acceptors (Lipinski definition) is 1. The van der Waals surface area contributed by atoms with Gasteiger partial charge in [-0.15, -0.1) is 11.8 Å². The monoisotopic (exact) mass is 248 g/mol. The molecule has 12 heavy (non-hydrogen) atoms. The molecule has 0 radical (unpaired) electrons. The molecule has 0 nitrogen and oxygen atoms in total. The van der Waals surface area contributed by atoms with Gasteiger partial charge in [0.1, 0.15) is 6.17 Å². The Balaban J connectivity index is 2.48. The van der Waals surface area contributed by atoms with Crippen molar-refractivity contribution < 1.29 is 4.39 Å². The van der Waals surface area contributed by atoms with Gasteiger partial charge in [-0.25, -0.2) is 4.39 Å². The van der Waals surface area contributed by atoms with Crippen molar-refractivity contribution in [3.63, 3.8) is 0 Å². The first-order valence-corrected chi connectivity index (χ1v) is 5.49. The van der Waals surface area contributed by atoms with Crippen LogP contribution in [0.25, 0.3) is 0 Å². The number of hydrogen-bond donors (Lipinski definition) is 0. The highest BCUT2D eigenvalue weighted by atomic mass is 79.9. The van der Waals surface area contributed by atoms with Crippen molar-refractivity contribution in [2.75, 3.05) is 5.75 Å². The van der Waals surface area contributed by atoms with Gasteiger partial charge in [-0.3, -0.25) is 0 Å². The zero-order valence-electron chi connectivity index (χ0n) is 6.76. The van der Waals surface area contributed by atoms with E-state index in [0.29, 0.717) is 5.75 Å². The molecule has 0 aromatic heterocycles. The topological polar surface area (TPSA) is 0 Å². The second-order valence-electron chi connectivity index (χ2n) is 2.55. The third-order valence-corrected chi connectivity index (χ3v) is 3.05. The van der Waals surface area contributed by atoms with Gasteiger partial charge in [-0.05, 0) is 31.2 Å². The van der Waals surface area contributed by atoms with Gasteiger partial charge in [-0.2, -0.15) is 0 Å². The SMILES string of the molecule is CC(F)CSc1ccc(Br)cc1. The van der Waals surface area contributed by atoms with Crippen LogP contribution in [0.1, 0.15) is 6.92 Å². The lowest BCUT2D eigenvalue weighted by atomic mass is 10.4. The van der Waals surface area contributed by atoms with Crippen LogP contribution in [0.4, 0.5) is 4.39 Å². The summed E-state index contributed by atoms with van der Waals surface area (Å²) in [5.74, 6) is 0.529. The number of thioether (sulfide) groups is 1. The van der Waals surface area contributed by atoms with E-state index in [-0.39, 0.29) is 0 Å². The quantitative estimate of drug-likeness (QED) is 0.732. The van der Waals surface area contributed by atoms with Gasteiger partial charge < -0.3 is 0 Å². The van der Waals surface area contributed by atoms with Gasteiger partial charge in [0.2, 0.25) is 0 Å². The van der Waals surface area contributed by atoms with E-state index in [2.05, 4.69) is 15.9 Å². The normalized spacial score (nSPS) is 12.9. The molecule has 0 fully saturated rings. The van der Waals surface area contributed by atoms with Crippen molar-refractivity contribution in [1.29, 1.82) is 0 Å². The third-order valence-electron chi connectivity index (χ3n) is 1.29. The second-order valence-corrected chi connectivity index (χ2v) is 4.55. The van der Waals surface area contributed by atoms with E-state index in [9.17, 15) is 4.39 Å². The smallest absolute Gasteiger partial charge is 0.107 e. The number of rotatable bonds is 3. The minimum absolute atomic E-state index is 0.529. The standard InChI is InChI=1S/C9H10BrFS/c1-7(11)6-12-9-4-2-8(10)3-5-9/h2-5,7H,6H2,1H3. The van der Waals surface area contributed by atoms with Gasteiger partial charge in [0.25, 0.3) is 0 Å². The summed E-state index contributed by atoms with van der Waals surface area (Å²) < 4.78 is 13.5. The molecule has 1 atom stereocenters.